The lowest BCUT2D eigenvalue weighted by molar-refractivity contribution is 0.100. The van der Waals surface area contributed by atoms with Gasteiger partial charge in [-0.25, -0.2) is 8.93 Å². The van der Waals surface area contributed by atoms with Gasteiger partial charge < -0.3 is 0 Å². The van der Waals surface area contributed by atoms with Crippen molar-refractivity contribution in [2.45, 2.75) is 31.6 Å². The summed E-state index contributed by atoms with van der Waals surface area (Å²) in [7, 11) is -3.02. The van der Waals surface area contributed by atoms with Crippen molar-refractivity contribution in [2.75, 3.05) is 6.54 Å². The van der Waals surface area contributed by atoms with E-state index < -0.39 is 15.8 Å². The number of amides is 1. The van der Waals surface area contributed by atoms with Crippen LogP contribution in [0, 0.1) is 6.92 Å². The van der Waals surface area contributed by atoms with Gasteiger partial charge in [-0.3, -0.25) is 4.79 Å². The van der Waals surface area contributed by atoms with Crippen molar-refractivity contribution in [3.8, 4) is 0 Å². The number of nitrogens with one attached hydrogen (secondary N) is 1. The summed E-state index contributed by atoms with van der Waals surface area (Å²) in [5.74, 6) is -0.480. The molecule has 0 heterocycles. The molecule has 0 fully saturated rings. The van der Waals surface area contributed by atoms with Gasteiger partial charge in [-0.2, -0.15) is 0 Å². The molecule has 0 aliphatic rings. The SMILES string of the molecule is C/C=C\CCCNS(=O)(=NC(=O)c1ccccc1)c1ccc(C)cc1. The Labute approximate surface area is 150 Å². The average Bonchev–Trinajstić information content (AvgIpc) is 2.62. The molecule has 2 rings (SSSR count). The molecule has 1 atom stereocenters. The number of hydrogen-bond donors (Lipinski definition) is 1. The van der Waals surface area contributed by atoms with Crippen LogP contribution >= 0.6 is 0 Å². The second kappa shape index (κ2) is 9.30. The first-order valence-electron chi connectivity index (χ1n) is 8.34. The van der Waals surface area contributed by atoms with Gasteiger partial charge in [-0.1, -0.05) is 48.0 Å². The summed E-state index contributed by atoms with van der Waals surface area (Å²) in [5, 5.41) is 0. The topological polar surface area (TPSA) is 58.5 Å². The van der Waals surface area contributed by atoms with Crippen LogP contribution in [0.1, 0.15) is 35.7 Å². The highest BCUT2D eigenvalue weighted by Gasteiger charge is 2.15. The molecule has 4 nitrogen and oxygen atoms in total. The van der Waals surface area contributed by atoms with Gasteiger partial charge in [-0.15, -0.1) is 4.36 Å². The molecule has 1 unspecified atom stereocenters. The summed E-state index contributed by atoms with van der Waals surface area (Å²) >= 11 is 0. The van der Waals surface area contributed by atoms with Crippen molar-refractivity contribution in [1.82, 2.24) is 4.72 Å². The zero-order valence-electron chi connectivity index (χ0n) is 14.6. The van der Waals surface area contributed by atoms with E-state index in [-0.39, 0.29) is 0 Å². The Bertz CT molecular complexity index is 834. The molecule has 132 valence electrons. The van der Waals surface area contributed by atoms with Crippen LogP contribution in [0.3, 0.4) is 0 Å². The number of hydrogen-bond acceptors (Lipinski definition) is 2. The molecule has 25 heavy (non-hydrogen) atoms. The lowest BCUT2D eigenvalue weighted by atomic mass is 10.2. The monoisotopic (exact) mass is 356 g/mol. The number of carbonyl (C=O) groups is 1. The van der Waals surface area contributed by atoms with E-state index in [1.807, 2.05) is 38.1 Å². The Morgan fingerprint density at radius 3 is 2.44 bits per heavy atom. The van der Waals surface area contributed by atoms with Gasteiger partial charge in [0, 0.05) is 12.1 Å². The maximum absolute atomic E-state index is 13.4. The molecule has 1 N–H and O–H groups in total. The van der Waals surface area contributed by atoms with Crippen molar-refractivity contribution in [1.29, 1.82) is 0 Å². The molecule has 2 aromatic rings. The van der Waals surface area contributed by atoms with Gasteiger partial charge in [0.15, 0.2) is 0 Å². The summed E-state index contributed by atoms with van der Waals surface area (Å²) in [6, 6.07) is 16.0. The van der Waals surface area contributed by atoms with E-state index in [0.29, 0.717) is 17.0 Å². The standard InChI is InChI=1S/C20H24N2O2S/c1-3-4-5-9-16-21-25(24,19-14-12-17(2)13-15-19)22-20(23)18-10-7-6-8-11-18/h3-4,6-8,10-15H,5,9,16H2,1-2H3,(H,21,22,23,24)/b4-3-. The minimum absolute atomic E-state index is 0.429. The van der Waals surface area contributed by atoms with Crippen LogP contribution in [0.15, 0.2) is 76.0 Å². The van der Waals surface area contributed by atoms with E-state index in [9.17, 15) is 9.00 Å². The van der Waals surface area contributed by atoms with E-state index in [1.54, 1.807) is 36.4 Å². The number of rotatable bonds is 7. The van der Waals surface area contributed by atoms with Crippen LogP contribution in [0.5, 0.6) is 0 Å². The van der Waals surface area contributed by atoms with Crippen LogP contribution in [-0.2, 0) is 9.92 Å². The third kappa shape index (κ3) is 5.66. The van der Waals surface area contributed by atoms with E-state index in [1.165, 1.54) is 0 Å². The molecule has 0 saturated heterocycles. The second-order valence-electron chi connectivity index (χ2n) is 5.71. The van der Waals surface area contributed by atoms with Crippen LogP contribution in [0.25, 0.3) is 0 Å². The largest absolute Gasteiger partial charge is 0.286 e. The number of nitrogens with zero attached hydrogens (tertiary/aromatic N) is 1. The molecule has 0 radical (unpaired) electrons. The Morgan fingerprint density at radius 2 is 1.80 bits per heavy atom. The third-order valence-electron chi connectivity index (χ3n) is 3.65. The lowest BCUT2D eigenvalue weighted by Crippen LogP contribution is -2.26. The molecule has 0 aliphatic carbocycles. The van der Waals surface area contributed by atoms with Gasteiger partial charge >= 0.3 is 0 Å². The summed E-state index contributed by atoms with van der Waals surface area (Å²) in [4.78, 5) is 13.0. The van der Waals surface area contributed by atoms with Gasteiger partial charge in [0.25, 0.3) is 5.91 Å². The lowest BCUT2D eigenvalue weighted by Gasteiger charge is -2.12. The first kappa shape index (κ1) is 19.1. The Morgan fingerprint density at radius 1 is 1.12 bits per heavy atom. The maximum Gasteiger partial charge on any atom is 0.286 e. The van der Waals surface area contributed by atoms with Gasteiger partial charge in [0.1, 0.15) is 9.92 Å². The molecular formula is C20H24N2O2S. The molecule has 0 spiro atoms. The van der Waals surface area contributed by atoms with Gasteiger partial charge in [-0.05, 0) is 51.0 Å². The van der Waals surface area contributed by atoms with Gasteiger partial charge in [0.2, 0.25) is 0 Å². The molecule has 0 bridgehead atoms. The fourth-order valence-corrected chi connectivity index (χ4v) is 3.84. The van der Waals surface area contributed by atoms with Crippen LogP contribution < -0.4 is 4.72 Å². The summed E-state index contributed by atoms with van der Waals surface area (Å²) < 4.78 is 20.5. The molecule has 1 amide bonds. The fraction of sp³-hybridized carbons (Fsp3) is 0.250. The zero-order valence-corrected chi connectivity index (χ0v) is 15.5. The number of allylic oxidation sites excluding steroid dienone is 2. The van der Waals surface area contributed by atoms with Crippen LogP contribution in [0.4, 0.5) is 0 Å². The van der Waals surface area contributed by atoms with E-state index in [0.717, 1.165) is 18.4 Å². The fourth-order valence-electron chi connectivity index (χ4n) is 2.24. The Hall–Kier alpha value is -2.24. The predicted molar refractivity (Wildman–Crippen MR) is 103 cm³/mol. The summed E-state index contributed by atoms with van der Waals surface area (Å²) in [5.41, 5.74) is 1.49. The molecule has 0 aromatic heterocycles. The molecule has 5 heteroatoms. The number of aryl methyl sites for hydroxylation is 1. The van der Waals surface area contributed by atoms with E-state index in [2.05, 4.69) is 15.2 Å². The first-order valence-corrected chi connectivity index (χ1v) is 9.85. The van der Waals surface area contributed by atoms with Crippen molar-refractivity contribution < 1.29 is 9.00 Å². The smallest absolute Gasteiger partial charge is 0.266 e. The van der Waals surface area contributed by atoms with E-state index >= 15 is 0 Å². The van der Waals surface area contributed by atoms with E-state index in [4.69, 9.17) is 0 Å². The Kier molecular flexibility index (Phi) is 7.10. The van der Waals surface area contributed by atoms with Crippen molar-refractivity contribution in [2.24, 2.45) is 4.36 Å². The first-order chi connectivity index (χ1) is 12.0. The van der Waals surface area contributed by atoms with Crippen LogP contribution in [0.2, 0.25) is 0 Å². The highest BCUT2D eigenvalue weighted by atomic mass is 32.2. The predicted octanol–water partition coefficient (Wildman–Crippen LogP) is 4.52. The summed E-state index contributed by atoms with van der Waals surface area (Å²) in [6.45, 7) is 4.45. The number of benzene rings is 2. The highest BCUT2D eigenvalue weighted by Crippen LogP contribution is 2.15. The molecular weight excluding hydrogens is 332 g/mol. The van der Waals surface area contributed by atoms with Crippen molar-refractivity contribution >= 4 is 15.8 Å². The molecule has 0 aliphatic heterocycles. The number of carbonyl (C=O) groups excluding carboxylic acids is 1. The Balaban J connectivity index is 2.31. The van der Waals surface area contributed by atoms with Crippen molar-refractivity contribution in [3.05, 3.63) is 77.9 Å². The van der Waals surface area contributed by atoms with Gasteiger partial charge in [0.05, 0.1) is 4.90 Å². The number of unbranched alkanes of at least 4 members (excludes halogenated alkanes) is 1. The quantitative estimate of drug-likeness (QED) is 0.585. The minimum atomic E-state index is -3.02. The van der Waals surface area contributed by atoms with Crippen molar-refractivity contribution in [3.63, 3.8) is 0 Å². The second-order valence-corrected chi connectivity index (χ2v) is 7.70. The average molecular weight is 356 g/mol. The normalized spacial score (nSPS) is 13.5. The molecule has 2 aromatic carbocycles. The molecule has 0 saturated carbocycles. The highest BCUT2D eigenvalue weighted by molar-refractivity contribution is 7.92. The summed E-state index contributed by atoms with van der Waals surface area (Å²) in [6.07, 6.45) is 5.75. The maximum atomic E-state index is 13.4. The minimum Gasteiger partial charge on any atom is -0.266 e. The third-order valence-corrected chi connectivity index (χ3v) is 5.58. The zero-order chi connectivity index (χ0) is 18.1. The van der Waals surface area contributed by atoms with Crippen LogP contribution in [-0.4, -0.2) is 16.7 Å².